The van der Waals surface area contributed by atoms with Crippen LogP contribution in [-0.4, -0.2) is 30.2 Å². The highest BCUT2D eigenvalue weighted by atomic mass is 16.7. The fraction of sp³-hybridized carbons (Fsp3) is 0.158. The van der Waals surface area contributed by atoms with Crippen LogP contribution in [0.3, 0.4) is 0 Å². The number of rotatable bonds is 5. The van der Waals surface area contributed by atoms with E-state index in [1.165, 1.54) is 18.2 Å². The maximum absolute atomic E-state index is 12.3. The Balaban J connectivity index is 1.75. The third kappa shape index (κ3) is 3.13. The minimum Gasteiger partial charge on any atom is -0.493 e. The van der Waals surface area contributed by atoms with E-state index in [4.69, 9.17) is 18.9 Å². The Morgan fingerprint density at radius 3 is 2.75 bits per heavy atom. The Morgan fingerprint density at radius 2 is 2.00 bits per heavy atom. The van der Waals surface area contributed by atoms with Crippen molar-refractivity contribution in [3.63, 3.8) is 0 Å². The number of para-hydroxylation sites is 1. The summed E-state index contributed by atoms with van der Waals surface area (Å²) in [6.45, 7) is 2.25. The molecule has 2 aliphatic rings. The van der Waals surface area contributed by atoms with Gasteiger partial charge < -0.3 is 18.9 Å². The monoisotopic (exact) mass is 382 g/mol. The molecule has 0 amide bonds. The zero-order chi connectivity index (χ0) is 19.7. The molecule has 2 heterocycles. The van der Waals surface area contributed by atoms with Gasteiger partial charge in [0.05, 0.1) is 28.7 Å². The van der Waals surface area contributed by atoms with E-state index in [-0.39, 0.29) is 35.4 Å². The van der Waals surface area contributed by atoms with Crippen molar-refractivity contribution in [3.05, 3.63) is 63.3 Å². The molecule has 28 heavy (non-hydrogen) atoms. The van der Waals surface area contributed by atoms with Crippen LogP contribution in [-0.2, 0) is 9.53 Å². The number of nitro benzene ring substituents is 1. The first-order chi connectivity index (χ1) is 13.6. The van der Waals surface area contributed by atoms with Crippen molar-refractivity contribution < 1.29 is 28.7 Å². The van der Waals surface area contributed by atoms with Crippen LogP contribution in [0.15, 0.2) is 47.1 Å². The molecule has 0 unspecified atom stereocenters. The highest BCUT2D eigenvalue weighted by Gasteiger charge is 2.28. The van der Waals surface area contributed by atoms with Crippen LogP contribution in [0, 0.1) is 10.1 Å². The van der Waals surface area contributed by atoms with Gasteiger partial charge in [0.25, 0.3) is 5.69 Å². The molecule has 0 saturated carbocycles. The molecule has 0 N–H and O–H groups in total. The number of nitro groups is 1. The minimum atomic E-state index is -0.715. The molecule has 9 nitrogen and oxygen atoms in total. The topological polar surface area (TPSA) is 109 Å². The summed E-state index contributed by atoms with van der Waals surface area (Å²) >= 11 is 0. The van der Waals surface area contributed by atoms with Crippen molar-refractivity contribution in [2.75, 3.05) is 13.4 Å². The number of aliphatic imine (C=N–C) groups is 1. The average Bonchev–Trinajstić information content (AvgIpc) is 3.28. The number of carbonyl (C=O) groups excluding carboxylic acids is 1. The molecule has 2 aromatic rings. The first kappa shape index (κ1) is 17.5. The highest BCUT2D eigenvalue weighted by Crippen LogP contribution is 2.39. The van der Waals surface area contributed by atoms with Crippen molar-refractivity contribution in [3.8, 4) is 17.2 Å². The van der Waals surface area contributed by atoms with E-state index >= 15 is 0 Å². The maximum atomic E-state index is 12.3. The Labute approximate surface area is 159 Å². The van der Waals surface area contributed by atoms with Gasteiger partial charge in [-0.2, -0.15) is 0 Å². The van der Waals surface area contributed by atoms with E-state index < -0.39 is 10.9 Å². The number of esters is 1. The van der Waals surface area contributed by atoms with Crippen LogP contribution in [0.2, 0.25) is 0 Å². The highest BCUT2D eigenvalue weighted by molar-refractivity contribution is 6.14. The van der Waals surface area contributed by atoms with Gasteiger partial charge >= 0.3 is 5.97 Å². The van der Waals surface area contributed by atoms with E-state index in [1.54, 1.807) is 24.3 Å². The molecule has 0 bridgehead atoms. The van der Waals surface area contributed by atoms with Crippen molar-refractivity contribution in [1.29, 1.82) is 0 Å². The summed E-state index contributed by atoms with van der Waals surface area (Å²) in [6.07, 6.45) is 1.29. The summed E-state index contributed by atoms with van der Waals surface area (Å²) in [4.78, 5) is 27.3. The molecule has 2 aromatic carbocycles. The molecular formula is C19H14N2O7. The molecule has 0 aromatic heterocycles. The lowest BCUT2D eigenvalue weighted by molar-refractivity contribution is -0.385. The number of carbonyl (C=O) groups is 1. The molecule has 142 valence electrons. The molecule has 2 aliphatic heterocycles. The zero-order valence-electron chi connectivity index (χ0n) is 14.7. The summed E-state index contributed by atoms with van der Waals surface area (Å²) in [5.74, 6) is 0.510. The lowest BCUT2D eigenvalue weighted by atomic mass is 10.1. The number of benzene rings is 2. The normalized spacial score (nSPS) is 16.1. The third-order valence-electron chi connectivity index (χ3n) is 4.05. The van der Waals surface area contributed by atoms with Crippen LogP contribution < -0.4 is 14.2 Å². The van der Waals surface area contributed by atoms with E-state index in [2.05, 4.69) is 4.99 Å². The molecule has 0 spiro atoms. The summed E-state index contributed by atoms with van der Waals surface area (Å²) in [7, 11) is 0. The first-order valence-corrected chi connectivity index (χ1v) is 8.39. The summed E-state index contributed by atoms with van der Waals surface area (Å²) in [5.41, 5.74) is 0.372. The summed E-state index contributed by atoms with van der Waals surface area (Å²) in [5, 5.41) is 11.4. The van der Waals surface area contributed by atoms with E-state index in [0.29, 0.717) is 23.7 Å². The Kier molecular flexibility index (Phi) is 4.40. The lowest BCUT2D eigenvalue weighted by Crippen LogP contribution is -2.07. The molecular weight excluding hydrogens is 368 g/mol. The van der Waals surface area contributed by atoms with Gasteiger partial charge in [0.1, 0.15) is 5.75 Å². The van der Waals surface area contributed by atoms with Crippen LogP contribution >= 0.6 is 0 Å². The van der Waals surface area contributed by atoms with E-state index in [9.17, 15) is 14.9 Å². The zero-order valence-corrected chi connectivity index (χ0v) is 14.7. The van der Waals surface area contributed by atoms with E-state index in [1.807, 2.05) is 6.92 Å². The molecule has 4 rings (SSSR count). The molecule has 0 fully saturated rings. The largest absolute Gasteiger partial charge is 0.493 e. The number of fused-ring (bicyclic) bond motifs is 1. The van der Waals surface area contributed by atoms with Crippen LogP contribution in [0.5, 0.6) is 17.2 Å². The second-order valence-corrected chi connectivity index (χ2v) is 5.79. The van der Waals surface area contributed by atoms with Gasteiger partial charge in [0, 0.05) is 0 Å². The molecule has 0 atom stereocenters. The Morgan fingerprint density at radius 1 is 1.25 bits per heavy atom. The molecule has 0 saturated heterocycles. The van der Waals surface area contributed by atoms with Crippen molar-refractivity contribution in [1.82, 2.24) is 0 Å². The van der Waals surface area contributed by atoms with Crippen molar-refractivity contribution in [2.24, 2.45) is 4.99 Å². The standard InChI is InChI=1S/C19H14N2O7/c1-2-25-15-6-4-3-5-12(15)18-20-13(19(22)28-18)7-11-8-16-17(27-10-26-16)9-14(11)21(23)24/h3-9H,2,10H2,1H3/b13-7-. The smallest absolute Gasteiger partial charge is 0.363 e. The third-order valence-corrected chi connectivity index (χ3v) is 4.05. The average molecular weight is 382 g/mol. The van der Waals surface area contributed by atoms with Crippen LogP contribution in [0.4, 0.5) is 5.69 Å². The van der Waals surface area contributed by atoms with Crippen molar-refractivity contribution in [2.45, 2.75) is 6.92 Å². The fourth-order valence-corrected chi connectivity index (χ4v) is 2.82. The van der Waals surface area contributed by atoms with Gasteiger partial charge in [-0.25, -0.2) is 9.79 Å². The molecule has 9 heteroatoms. The number of nitrogens with zero attached hydrogens (tertiary/aromatic N) is 2. The summed E-state index contributed by atoms with van der Waals surface area (Å²) < 4.78 is 21.2. The summed E-state index contributed by atoms with van der Waals surface area (Å²) in [6, 6.07) is 9.69. The molecule has 0 aliphatic carbocycles. The van der Waals surface area contributed by atoms with Gasteiger partial charge in [-0.15, -0.1) is 0 Å². The molecule has 0 radical (unpaired) electrons. The SMILES string of the molecule is CCOc1ccccc1C1=N/C(=C\c2cc3c(cc2[N+](=O)[O-])OCO3)C(=O)O1. The van der Waals surface area contributed by atoms with Gasteiger partial charge in [0.15, 0.2) is 17.2 Å². The lowest BCUT2D eigenvalue weighted by Gasteiger charge is -2.08. The van der Waals surface area contributed by atoms with E-state index in [0.717, 1.165) is 0 Å². The first-order valence-electron chi connectivity index (χ1n) is 8.39. The fourth-order valence-electron chi connectivity index (χ4n) is 2.82. The number of ether oxygens (including phenoxy) is 4. The van der Waals surface area contributed by atoms with Gasteiger partial charge in [0.2, 0.25) is 12.7 Å². The van der Waals surface area contributed by atoms with Crippen LogP contribution in [0.1, 0.15) is 18.1 Å². The predicted molar refractivity (Wildman–Crippen MR) is 97.4 cm³/mol. The quantitative estimate of drug-likeness (QED) is 0.338. The predicted octanol–water partition coefficient (Wildman–Crippen LogP) is 3.07. The van der Waals surface area contributed by atoms with Crippen molar-refractivity contribution >= 4 is 23.6 Å². The van der Waals surface area contributed by atoms with Gasteiger partial charge in [-0.3, -0.25) is 10.1 Å². The van der Waals surface area contributed by atoms with Crippen LogP contribution in [0.25, 0.3) is 6.08 Å². The number of hydrogen-bond acceptors (Lipinski definition) is 8. The Bertz CT molecular complexity index is 1040. The van der Waals surface area contributed by atoms with Gasteiger partial charge in [-0.05, 0) is 31.2 Å². The maximum Gasteiger partial charge on any atom is 0.363 e. The number of hydrogen-bond donors (Lipinski definition) is 0. The van der Waals surface area contributed by atoms with Gasteiger partial charge in [-0.1, -0.05) is 12.1 Å². The Hall–Kier alpha value is -3.88. The number of cyclic esters (lactones) is 1. The second kappa shape index (κ2) is 7.03. The second-order valence-electron chi connectivity index (χ2n) is 5.79. The minimum absolute atomic E-state index is 0.0228.